The van der Waals surface area contributed by atoms with Gasteiger partial charge in [0.2, 0.25) is 0 Å². The normalized spacial score (nSPS) is 12.1. The highest BCUT2D eigenvalue weighted by molar-refractivity contribution is 7.89. The van der Waals surface area contributed by atoms with Gasteiger partial charge in [0.1, 0.15) is 0 Å². The second kappa shape index (κ2) is 5.62. The van der Waals surface area contributed by atoms with Crippen LogP contribution in [-0.4, -0.2) is 15.0 Å². The molecule has 1 rings (SSSR count). The minimum absolute atomic E-state index is 0.235. The molecule has 0 aliphatic heterocycles. The van der Waals surface area contributed by atoms with Crippen LogP contribution < -0.4 is 4.89 Å². The van der Waals surface area contributed by atoms with E-state index in [0.717, 1.165) is 11.1 Å². The van der Waals surface area contributed by atoms with Crippen LogP contribution in [0.15, 0.2) is 23.1 Å². The minimum Gasteiger partial charge on any atom is -0.287 e. The summed E-state index contributed by atoms with van der Waals surface area (Å²) in [4.78, 5) is 7.32. The first-order valence-electron chi connectivity index (χ1n) is 5.53. The Bertz CT molecular complexity index is 460. The first kappa shape index (κ1) is 14.2. The highest BCUT2D eigenvalue weighted by Gasteiger charge is 2.15. The summed E-state index contributed by atoms with van der Waals surface area (Å²) in [6, 6.07) is 5.16. The van der Waals surface area contributed by atoms with E-state index in [1.165, 1.54) is 0 Å². The zero-order chi connectivity index (χ0) is 13.1. The maximum absolute atomic E-state index is 11.9. The Balaban J connectivity index is 2.82. The van der Waals surface area contributed by atoms with Crippen molar-refractivity contribution in [3.05, 3.63) is 29.3 Å². The Labute approximate surface area is 103 Å². The summed E-state index contributed by atoms with van der Waals surface area (Å²) >= 11 is 0. The average molecular weight is 257 g/mol. The predicted molar refractivity (Wildman–Crippen MR) is 67.0 cm³/mol. The zero-order valence-electron chi connectivity index (χ0n) is 10.6. The molecule has 1 N–H and O–H groups in total. The van der Waals surface area contributed by atoms with Crippen LogP contribution in [0.5, 0.6) is 0 Å². The lowest BCUT2D eigenvalue weighted by molar-refractivity contribution is 0.0718. The van der Waals surface area contributed by atoms with Crippen LogP contribution >= 0.6 is 0 Å². The molecule has 0 aliphatic rings. The molecule has 5 heteroatoms. The van der Waals surface area contributed by atoms with E-state index in [1.54, 1.807) is 12.1 Å². The summed E-state index contributed by atoms with van der Waals surface area (Å²) in [6.45, 7) is 7.97. The molecular formula is C12H19NO3S. The van der Waals surface area contributed by atoms with E-state index in [-0.39, 0.29) is 10.8 Å². The molecule has 0 fully saturated rings. The van der Waals surface area contributed by atoms with Gasteiger partial charge in [-0.1, -0.05) is 24.8 Å². The van der Waals surface area contributed by atoms with Crippen molar-refractivity contribution in [3.63, 3.8) is 0 Å². The summed E-state index contributed by atoms with van der Waals surface area (Å²) in [6.07, 6.45) is 0. The molecule has 0 radical (unpaired) electrons. The second-order valence-corrected chi connectivity index (χ2v) is 6.26. The van der Waals surface area contributed by atoms with Gasteiger partial charge in [-0.05, 0) is 43.0 Å². The lowest BCUT2D eigenvalue weighted by Gasteiger charge is -2.10. The molecule has 0 atom stereocenters. The van der Waals surface area contributed by atoms with E-state index in [2.05, 4.69) is 4.89 Å². The van der Waals surface area contributed by atoms with E-state index >= 15 is 0 Å². The number of rotatable bonds is 5. The second-order valence-electron chi connectivity index (χ2n) is 4.62. The zero-order valence-corrected chi connectivity index (χ0v) is 11.5. The van der Waals surface area contributed by atoms with Crippen LogP contribution in [0.3, 0.4) is 0 Å². The molecule has 0 spiro atoms. The topological polar surface area (TPSA) is 55.4 Å². The molecule has 0 aromatic heterocycles. The van der Waals surface area contributed by atoms with Crippen LogP contribution in [0, 0.1) is 19.8 Å². The van der Waals surface area contributed by atoms with Gasteiger partial charge in [0.25, 0.3) is 10.0 Å². The third kappa shape index (κ3) is 4.46. The molecule has 4 nitrogen and oxygen atoms in total. The van der Waals surface area contributed by atoms with Gasteiger partial charge >= 0.3 is 0 Å². The van der Waals surface area contributed by atoms with Crippen LogP contribution in [-0.2, 0) is 14.9 Å². The predicted octanol–water partition coefficient (Wildman–Crippen LogP) is 2.17. The summed E-state index contributed by atoms with van der Waals surface area (Å²) in [7, 11) is -3.57. The third-order valence-electron chi connectivity index (χ3n) is 2.09. The SMILES string of the molecule is Cc1cc(C)cc(S(=O)(=O)NOCC(C)C)c1. The van der Waals surface area contributed by atoms with Gasteiger partial charge in [-0.2, -0.15) is 0 Å². The Kier molecular flexibility index (Phi) is 4.68. The van der Waals surface area contributed by atoms with Crippen LogP contribution in [0.2, 0.25) is 0 Å². The fraction of sp³-hybridized carbons (Fsp3) is 0.500. The summed E-state index contributed by atoms with van der Waals surface area (Å²) in [5.41, 5.74) is 1.82. The Morgan fingerprint density at radius 3 is 2.18 bits per heavy atom. The number of hydrogen-bond acceptors (Lipinski definition) is 3. The highest BCUT2D eigenvalue weighted by Crippen LogP contribution is 2.14. The van der Waals surface area contributed by atoms with Crippen LogP contribution in [0.1, 0.15) is 25.0 Å². The number of benzene rings is 1. The number of sulfonamides is 1. The van der Waals surface area contributed by atoms with Crippen molar-refractivity contribution in [3.8, 4) is 0 Å². The summed E-state index contributed by atoms with van der Waals surface area (Å²) in [5.74, 6) is 0.275. The molecule has 0 bridgehead atoms. The number of hydrogen-bond donors (Lipinski definition) is 1. The molecule has 0 saturated heterocycles. The lowest BCUT2D eigenvalue weighted by Crippen LogP contribution is -2.26. The minimum atomic E-state index is -3.57. The first-order chi connectivity index (χ1) is 7.81. The van der Waals surface area contributed by atoms with Gasteiger partial charge in [-0.15, -0.1) is 0 Å². The summed E-state index contributed by atoms with van der Waals surface area (Å²) in [5, 5.41) is 0. The Morgan fingerprint density at radius 2 is 1.71 bits per heavy atom. The van der Waals surface area contributed by atoms with Gasteiger partial charge in [-0.25, -0.2) is 8.42 Å². The molecule has 1 aromatic rings. The van der Waals surface area contributed by atoms with E-state index in [4.69, 9.17) is 4.84 Å². The largest absolute Gasteiger partial charge is 0.287 e. The fourth-order valence-electron chi connectivity index (χ4n) is 1.41. The van der Waals surface area contributed by atoms with Crippen molar-refractivity contribution in [1.82, 2.24) is 4.89 Å². The van der Waals surface area contributed by atoms with Crippen molar-refractivity contribution in [2.75, 3.05) is 6.61 Å². The Hall–Kier alpha value is -0.910. The smallest absolute Gasteiger partial charge is 0.262 e. The quantitative estimate of drug-likeness (QED) is 0.822. The van der Waals surface area contributed by atoms with E-state index < -0.39 is 10.0 Å². The maximum Gasteiger partial charge on any atom is 0.262 e. The summed E-state index contributed by atoms with van der Waals surface area (Å²) < 4.78 is 23.8. The number of aryl methyl sites for hydroxylation is 2. The molecule has 96 valence electrons. The highest BCUT2D eigenvalue weighted by atomic mass is 32.2. The molecule has 0 aliphatic carbocycles. The first-order valence-corrected chi connectivity index (χ1v) is 7.01. The molecule has 17 heavy (non-hydrogen) atoms. The molecule has 0 saturated carbocycles. The monoisotopic (exact) mass is 257 g/mol. The van der Waals surface area contributed by atoms with E-state index in [9.17, 15) is 8.42 Å². The van der Waals surface area contributed by atoms with Crippen molar-refractivity contribution in [1.29, 1.82) is 0 Å². The van der Waals surface area contributed by atoms with Crippen molar-refractivity contribution < 1.29 is 13.3 Å². The molecule has 0 heterocycles. The van der Waals surface area contributed by atoms with Gasteiger partial charge in [0.15, 0.2) is 0 Å². The Morgan fingerprint density at radius 1 is 1.18 bits per heavy atom. The van der Waals surface area contributed by atoms with Gasteiger partial charge in [0, 0.05) is 0 Å². The van der Waals surface area contributed by atoms with E-state index in [1.807, 2.05) is 33.8 Å². The lowest BCUT2D eigenvalue weighted by atomic mass is 10.2. The molecule has 1 aromatic carbocycles. The van der Waals surface area contributed by atoms with Crippen molar-refractivity contribution in [2.24, 2.45) is 5.92 Å². The van der Waals surface area contributed by atoms with Crippen molar-refractivity contribution in [2.45, 2.75) is 32.6 Å². The molecular weight excluding hydrogens is 238 g/mol. The maximum atomic E-state index is 11.9. The van der Waals surface area contributed by atoms with Gasteiger partial charge < -0.3 is 0 Å². The third-order valence-corrected chi connectivity index (χ3v) is 3.28. The van der Waals surface area contributed by atoms with Gasteiger partial charge in [0.05, 0.1) is 11.5 Å². The van der Waals surface area contributed by atoms with Crippen LogP contribution in [0.4, 0.5) is 0 Å². The fourth-order valence-corrected chi connectivity index (χ4v) is 2.42. The molecule has 0 amide bonds. The van der Waals surface area contributed by atoms with Crippen LogP contribution in [0.25, 0.3) is 0 Å². The van der Waals surface area contributed by atoms with Gasteiger partial charge in [-0.3, -0.25) is 4.84 Å². The average Bonchev–Trinajstić information content (AvgIpc) is 2.14. The number of nitrogens with one attached hydrogen (secondary N) is 1. The standard InChI is InChI=1S/C12H19NO3S/c1-9(2)8-16-13-17(14,15)12-6-10(3)5-11(4)7-12/h5-7,9,13H,8H2,1-4H3. The van der Waals surface area contributed by atoms with E-state index in [0.29, 0.717) is 6.61 Å². The molecule has 0 unspecified atom stereocenters. The van der Waals surface area contributed by atoms with Crippen molar-refractivity contribution >= 4 is 10.0 Å².